The maximum atomic E-state index is 5.94. The second-order valence-electron chi connectivity index (χ2n) is 7.62. The first kappa shape index (κ1) is 14.8. The number of rotatable bonds is 5. The molecule has 1 spiro atoms. The SMILES string of the molecule is CCCNc1ccc2cc(NC3CC4(CC(N)C4)C3)ccc2c1. The molecule has 0 aliphatic heterocycles. The van der Waals surface area contributed by atoms with Crippen molar-refractivity contribution in [3.63, 3.8) is 0 Å². The first-order valence-electron chi connectivity index (χ1n) is 8.96. The van der Waals surface area contributed by atoms with Crippen LogP contribution in [0.3, 0.4) is 0 Å². The summed E-state index contributed by atoms with van der Waals surface area (Å²) in [6.07, 6.45) is 6.19. The lowest BCUT2D eigenvalue weighted by Gasteiger charge is -2.57. The Labute approximate surface area is 138 Å². The van der Waals surface area contributed by atoms with Crippen molar-refractivity contribution < 1.29 is 0 Å². The monoisotopic (exact) mass is 309 g/mol. The molecule has 2 aliphatic rings. The summed E-state index contributed by atoms with van der Waals surface area (Å²) in [4.78, 5) is 0. The van der Waals surface area contributed by atoms with Crippen LogP contribution in [0.4, 0.5) is 11.4 Å². The van der Waals surface area contributed by atoms with Crippen molar-refractivity contribution in [2.24, 2.45) is 11.1 Å². The van der Waals surface area contributed by atoms with Gasteiger partial charge in [-0.2, -0.15) is 0 Å². The Morgan fingerprint density at radius 2 is 1.65 bits per heavy atom. The number of hydrogen-bond acceptors (Lipinski definition) is 3. The third kappa shape index (κ3) is 2.90. The smallest absolute Gasteiger partial charge is 0.0348 e. The van der Waals surface area contributed by atoms with Gasteiger partial charge in [-0.25, -0.2) is 0 Å². The summed E-state index contributed by atoms with van der Waals surface area (Å²) < 4.78 is 0. The van der Waals surface area contributed by atoms with Crippen LogP contribution in [0, 0.1) is 5.41 Å². The Balaban J connectivity index is 1.41. The molecule has 0 unspecified atom stereocenters. The maximum absolute atomic E-state index is 5.94. The minimum absolute atomic E-state index is 0.465. The molecule has 0 atom stereocenters. The Hall–Kier alpha value is -1.74. The summed E-state index contributed by atoms with van der Waals surface area (Å²) in [7, 11) is 0. The molecule has 0 heterocycles. The summed E-state index contributed by atoms with van der Waals surface area (Å²) >= 11 is 0. The van der Waals surface area contributed by atoms with Crippen LogP contribution >= 0.6 is 0 Å². The van der Waals surface area contributed by atoms with Crippen LogP contribution in [-0.4, -0.2) is 18.6 Å². The van der Waals surface area contributed by atoms with Crippen LogP contribution in [0.15, 0.2) is 36.4 Å². The van der Waals surface area contributed by atoms with Crippen molar-refractivity contribution in [3.05, 3.63) is 36.4 Å². The lowest BCUT2D eigenvalue weighted by Crippen LogP contribution is -2.57. The van der Waals surface area contributed by atoms with Gasteiger partial charge in [0.15, 0.2) is 0 Å². The van der Waals surface area contributed by atoms with E-state index in [1.165, 1.54) is 47.8 Å². The largest absolute Gasteiger partial charge is 0.385 e. The van der Waals surface area contributed by atoms with Crippen LogP contribution in [0.25, 0.3) is 10.8 Å². The Morgan fingerprint density at radius 3 is 2.30 bits per heavy atom. The molecule has 4 N–H and O–H groups in total. The van der Waals surface area contributed by atoms with Gasteiger partial charge in [-0.3, -0.25) is 0 Å². The van der Waals surface area contributed by atoms with Gasteiger partial charge < -0.3 is 16.4 Å². The van der Waals surface area contributed by atoms with E-state index in [2.05, 4.69) is 54.0 Å². The minimum atomic E-state index is 0.465. The zero-order chi connectivity index (χ0) is 15.9. The van der Waals surface area contributed by atoms with Crippen LogP contribution < -0.4 is 16.4 Å². The Bertz CT molecular complexity index is 695. The number of nitrogens with two attached hydrogens (primary N) is 1. The molecular formula is C20H27N3. The lowest BCUT2D eigenvalue weighted by atomic mass is 9.52. The van der Waals surface area contributed by atoms with Gasteiger partial charge in [-0.05, 0) is 72.6 Å². The van der Waals surface area contributed by atoms with Crippen molar-refractivity contribution >= 4 is 22.1 Å². The van der Waals surface area contributed by atoms with Crippen LogP contribution in [0.1, 0.15) is 39.0 Å². The Morgan fingerprint density at radius 1 is 1.00 bits per heavy atom. The molecule has 2 aromatic rings. The van der Waals surface area contributed by atoms with Crippen molar-refractivity contribution in [3.8, 4) is 0 Å². The molecule has 2 aliphatic carbocycles. The average molecular weight is 309 g/mol. The number of benzene rings is 2. The molecule has 3 heteroatoms. The molecule has 2 fully saturated rings. The van der Waals surface area contributed by atoms with Crippen molar-refractivity contribution in [1.82, 2.24) is 0 Å². The van der Waals surface area contributed by atoms with Gasteiger partial charge in [0.1, 0.15) is 0 Å². The van der Waals surface area contributed by atoms with Gasteiger partial charge in [0.05, 0.1) is 0 Å². The van der Waals surface area contributed by atoms with Gasteiger partial charge >= 0.3 is 0 Å². The van der Waals surface area contributed by atoms with Crippen LogP contribution in [0.5, 0.6) is 0 Å². The van der Waals surface area contributed by atoms with E-state index in [1.54, 1.807) is 0 Å². The highest BCUT2D eigenvalue weighted by Gasteiger charge is 2.51. The second kappa shape index (κ2) is 5.72. The van der Waals surface area contributed by atoms with E-state index in [4.69, 9.17) is 5.73 Å². The Kier molecular flexibility index (Phi) is 3.68. The minimum Gasteiger partial charge on any atom is -0.385 e. The van der Waals surface area contributed by atoms with E-state index in [1.807, 2.05) is 0 Å². The molecule has 2 aromatic carbocycles. The van der Waals surface area contributed by atoms with Crippen molar-refractivity contribution in [1.29, 1.82) is 0 Å². The van der Waals surface area contributed by atoms with Gasteiger partial charge in [0.2, 0.25) is 0 Å². The highest BCUT2D eigenvalue weighted by Crippen LogP contribution is 2.55. The normalized spacial score (nSPS) is 29.1. The zero-order valence-electron chi connectivity index (χ0n) is 13.9. The van der Waals surface area contributed by atoms with Crippen LogP contribution in [0.2, 0.25) is 0 Å². The predicted octanol–water partition coefficient (Wildman–Crippen LogP) is 4.34. The fraction of sp³-hybridized carbons (Fsp3) is 0.500. The molecule has 23 heavy (non-hydrogen) atoms. The molecule has 0 bridgehead atoms. The molecule has 0 amide bonds. The van der Waals surface area contributed by atoms with Crippen molar-refractivity contribution in [2.75, 3.05) is 17.2 Å². The first-order chi connectivity index (χ1) is 11.2. The topological polar surface area (TPSA) is 50.1 Å². The molecule has 0 radical (unpaired) electrons. The predicted molar refractivity (Wildman–Crippen MR) is 99.0 cm³/mol. The van der Waals surface area contributed by atoms with E-state index >= 15 is 0 Å². The summed E-state index contributed by atoms with van der Waals surface area (Å²) in [5.41, 5.74) is 8.99. The summed E-state index contributed by atoms with van der Waals surface area (Å²) in [5.74, 6) is 0. The molecular weight excluding hydrogens is 282 g/mol. The van der Waals surface area contributed by atoms with Crippen LogP contribution in [-0.2, 0) is 0 Å². The van der Waals surface area contributed by atoms with Gasteiger partial charge in [-0.1, -0.05) is 19.1 Å². The molecule has 0 aromatic heterocycles. The lowest BCUT2D eigenvalue weighted by molar-refractivity contribution is 0.00122. The third-order valence-electron chi connectivity index (χ3n) is 5.54. The fourth-order valence-corrected chi connectivity index (χ4v) is 4.42. The number of fused-ring (bicyclic) bond motifs is 1. The quantitative estimate of drug-likeness (QED) is 0.770. The van der Waals surface area contributed by atoms with Gasteiger partial charge in [-0.15, -0.1) is 0 Å². The maximum Gasteiger partial charge on any atom is 0.0348 e. The summed E-state index contributed by atoms with van der Waals surface area (Å²) in [6, 6.07) is 14.4. The van der Waals surface area contributed by atoms with Gasteiger partial charge in [0, 0.05) is 30.0 Å². The van der Waals surface area contributed by atoms with E-state index in [0.29, 0.717) is 17.5 Å². The first-order valence-corrected chi connectivity index (χ1v) is 8.96. The van der Waals surface area contributed by atoms with E-state index < -0.39 is 0 Å². The van der Waals surface area contributed by atoms with E-state index in [0.717, 1.165) is 13.0 Å². The third-order valence-corrected chi connectivity index (χ3v) is 5.54. The van der Waals surface area contributed by atoms with Gasteiger partial charge in [0.25, 0.3) is 0 Å². The summed E-state index contributed by atoms with van der Waals surface area (Å²) in [5, 5.41) is 9.75. The number of anilines is 2. The zero-order valence-corrected chi connectivity index (χ0v) is 13.9. The van der Waals surface area contributed by atoms with E-state index in [9.17, 15) is 0 Å². The fourth-order valence-electron chi connectivity index (χ4n) is 4.42. The summed E-state index contributed by atoms with van der Waals surface area (Å²) in [6.45, 7) is 3.21. The highest BCUT2D eigenvalue weighted by molar-refractivity contribution is 5.88. The highest BCUT2D eigenvalue weighted by atomic mass is 15.0. The molecule has 0 saturated heterocycles. The molecule has 4 rings (SSSR count). The number of hydrogen-bond donors (Lipinski definition) is 3. The molecule has 122 valence electrons. The van der Waals surface area contributed by atoms with E-state index in [-0.39, 0.29) is 0 Å². The number of nitrogens with one attached hydrogen (secondary N) is 2. The molecule has 2 saturated carbocycles. The van der Waals surface area contributed by atoms with Crippen molar-refractivity contribution in [2.45, 2.75) is 51.1 Å². The standard InChI is InChI=1S/C20H27N3/c1-2-7-22-17-5-3-15-9-18(6-4-14(15)8-17)23-19-12-20(13-19)10-16(21)11-20/h3-6,8-9,16,19,22-23H,2,7,10-13,21H2,1H3. The average Bonchev–Trinajstić information content (AvgIpc) is 2.49. The second-order valence-corrected chi connectivity index (χ2v) is 7.62. The molecule has 3 nitrogen and oxygen atoms in total.